The summed E-state index contributed by atoms with van der Waals surface area (Å²) in [6, 6.07) is 9.73. The van der Waals surface area contributed by atoms with Crippen LogP contribution >= 0.6 is 0 Å². The van der Waals surface area contributed by atoms with Crippen LogP contribution in [0.1, 0.15) is 41.2 Å². The first-order valence-electron chi connectivity index (χ1n) is 8.40. The van der Waals surface area contributed by atoms with Crippen molar-refractivity contribution >= 4 is 5.97 Å². The van der Waals surface area contributed by atoms with Gasteiger partial charge in [-0.1, -0.05) is 35.5 Å². The summed E-state index contributed by atoms with van der Waals surface area (Å²) in [5, 5.41) is 4.10. The molecule has 0 aliphatic carbocycles. The maximum atomic E-state index is 11.5. The van der Waals surface area contributed by atoms with Gasteiger partial charge in [-0.3, -0.25) is 4.90 Å². The van der Waals surface area contributed by atoms with Gasteiger partial charge in [-0.2, -0.15) is 4.98 Å². The standard InChI is InChI=1S/C18H18N4O4/c1-24-18(23)13-11-25-15(19-13)10-22-9-5-8-14(22)17-20-16(21-26-17)12-6-3-2-4-7-12/h2-4,6-7,11,14H,5,8-10H2,1H3/t14-/m0/s1. The summed E-state index contributed by atoms with van der Waals surface area (Å²) < 4.78 is 15.5. The predicted octanol–water partition coefficient (Wildman–Crippen LogP) is 2.85. The van der Waals surface area contributed by atoms with E-state index in [-0.39, 0.29) is 11.7 Å². The van der Waals surface area contributed by atoms with Gasteiger partial charge in [0.1, 0.15) is 6.26 Å². The van der Waals surface area contributed by atoms with Gasteiger partial charge in [0.05, 0.1) is 19.7 Å². The highest BCUT2D eigenvalue weighted by Gasteiger charge is 2.32. The summed E-state index contributed by atoms with van der Waals surface area (Å²) in [7, 11) is 1.31. The summed E-state index contributed by atoms with van der Waals surface area (Å²) in [5.41, 5.74) is 1.09. The number of oxazole rings is 1. The predicted molar refractivity (Wildman–Crippen MR) is 90.0 cm³/mol. The van der Waals surface area contributed by atoms with E-state index in [0.29, 0.717) is 24.2 Å². The average Bonchev–Trinajstić information content (AvgIpc) is 3.42. The highest BCUT2D eigenvalue weighted by atomic mass is 16.5. The lowest BCUT2D eigenvalue weighted by Gasteiger charge is -2.19. The van der Waals surface area contributed by atoms with Crippen molar-refractivity contribution in [2.24, 2.45) is 0 Å². The summed E-state index contributed by atoms with van der Waals surface area (Å²) in [5.74, 6) is 1.11. The van der Waals surface area contributed by atoms with E-state index in [4.69, 9.17) is 8.94 Å². The number of carbonyl (C=O) groups excluding carboxylic acids is 1. The number of nitrogens with zero attached hydrogens (tertiary/aromatic N) is 4. The number of carbonyl (C=O) groups is 1. The summed E-state index contributed by atoms with van der Waals surface area (Å²) in [4.78, 5) is 22.4. The molecule has 0 N–H and O–H groups in total. The second-order valence-corrected chi connectivity index (χ2v) is 6.07. The van der Waals surface area contributed by atoms with Crippen molar-refractivity contribution in [2.75, 3.05) is 13.7 Å². The molecule has 2 aromatic heterocycles. The number of benzene rings is 1. The topological polar surface area (TPSA) is 94.5 Å². The van der Waals surface area contributed by atoms with Gasteiger partial charge in [-0.15, -0.1) is 0 Å². The Morgan fingerprint density at radius 3 is 2.96 bits per heavy atom. The first-order chi connectivity index (χ1) is 12.7. The van der Waals surface area contributed by atoms with E-state index >= 15 is 0 Å². The van der Waals surface area contributed by atoms with Gasteiger partial charge in [0.25, 0.3) is 0 Å². The van der Waals surface area contributed by atoms with E-state index in [1.54, 1.807) is 0 Å². The lowest BCUT2D eigenvalue weighted by atomic mass is 10.2. The molecule has 0 amide bonds. The molecule has 0 bridgehead atoms. The van der Waals surface area contributed by atoms with E-state index < -0.39 is 5.97 Å². The SMILES string of the molecule is COC(=O)c1coc(CN2CCC[C@H]2c2nc(-c3ccccc3)no2)n1. The Morgan fingerprint density at radius 1 is 1.31 bits per heavy atom. The van der Waals surface area contributed by atoms with Crippen molar-refractivity contribution in [3.8, 4) is 11.4 Å². The third kappa shape index (κ3) is 3.23. The zero-order chi connectivity index (χ0) is 17.9. The van der Waals surface area contributed by atoms with Gasteiger partial charge in [0.2, 0.25) is 17.6 Å². The second-order valence-electron chi connectivity index (χ2n) is 6.07. The van der Waals surface area contributed by atoms with Gasteiger partial charge in [-0.05, 0) is 19.4 Å². The molecule has 3 aromatic rings. The third-order valence-electron chi connectivity index (χ3n) is 4.41. The quantitative estimate of drug-likeness (QED) is 0.646. The Labute approximate surface area is 149 Å². The van der Waals surface area contributed by atoms with Gasteiger partial charge in [0, 0.05) is 5.56 Å². The number of ether oxygens (including phenoxy) is 1. The number of esters is 1. The number of hydrogen-bond acceptors (Lipinski definition) is 8. The number of likely N-dealkylation sites (tertiary alicyclic amines) is 1. The maximum absolute atomic E-state index is 11.5. The van der Waals surface area contributed by atoms with Gasteiger partial charge in [0.15, 0.2) is 5.69 Å². The van der Waals surface area contributed by atoms with Crippen molar-refractivity contribution in [1.29, 1.82) is 0 Å². The van der Waals surface area contributed by atoms with Crippen molar-refractivity contribution in [1.82, 2.24) is 20.0 Å². The lowest BCUT2D eigenvalue weighted by Crippen LogP contribution is -2.23. The number of rotatable bonds is 5. The third-order valence-corrected chi connectivity index (χ3v) is 4.41. The van der Waals surface area contributed by atoms with E-state index in [0.717, 1.165) is 24.9 Å². The van der Waals surface area contributed by atoms with Crippen LogP contribution in [0.3, 0.4) is 0 Å². The molecule has 8 nitrogen and oxygen atoms in total. The van der Waals surface area contributed by atoms with Crippen LogP contribution in [-0.4, -0.2) is 39.6 Å². The van der Waals surface area contributed by atoms with Crippen LogP contribution in [0, 0.1) is 0 Å². The Kier molecular flexibility index (Phi) is 4.49. The Morgan fingerprint density at radius 2 is 2.15 bits per heavy atom. The lowest BCUT2D eigenvalue weighted by molar-refractivity contribution is 0.0594. The largest absolute Gasteiger partial charge is 0.464 e. The minimum Gasteiger partial charge on any atom is -0.464 e. The van der Waals surface area contributed by atoms with E-state index in [9.17, 15) is 4.79 Å². The van der Waals surface area contributed by atoms with Crippen molar-refractivity contribution in [3.63, 3.8) is 0 Å². The molecule has 1 saturated heterocycles. The van der Waals surface area contributed by atoms with Crippen LogP contribution in [0.2, 0.25) is 0 Å². The van der Waals surface area contributed by atoms with Crippen molar-refractivity contribution < 1.29 is 18.5 Å². The highest BCUT2D eigenvalue weighted by Crippen LogP contribution is 2.33. The van der Waals surface area contributed by atoms with E-state index in [2.05, 4.69) is 24.8 Å². The summed E-state index contributed by atoms with van der Waals surface area (Å²) >= 11 is 0. The van der Waals surface area contributed by atoms with E-state index in [1.807, 2.05) is 30.3 Å². The average molecular weight is 354 g/mol. The monoisotopic (exact) mass is 354 g/mol. The Bertz CT molecular complexity index is 890. The molecule has 4 rings (SSSR count). The van der Waals surface area contributed by atoms with Gasteiger partial charge in [-0.25, -0.2) is 9.78 Å². The molecule has 0 radical (unpaired) electrons. The van der Waals surface area contributed by atoms with Crippen LogP contribution in [0.15, 0.2) is 45.5 Å². The molecule has 1 aromatic carbocycles. The van der Waals surface area contributed by atoms with Gasteiger partial charge < -0.3 is 13.7 Å². The van der Waals surface area contributed by atoms with E-state index in [1.165, 1.54) is 13.4 Å². The van der Waals surface area contributed by atoms with Crippen molar-refractivity contribution in [2.45, 2.75) is 25.4 Å². The smallest absolute Gasteiger partial charge is 0.360 e. The zero-order valence-corrected chi connectivity index (χ0v) is 14.3. The molecule has 1 atom stereocenters. The molecule has 0 spiro atoms. The van der Waals surface area contributed by atoms with Crippen LogP contribution in [0.5, 0.6) is 0 Å². The molecular formula is C18H18N4O4. The maximum Gasteiger partial charge on any atom is 0.360 e. The molecule has 0 unspecified atom stereocenters. The Hall–Kier alpha value is -3.00. The van der Waals surface area contributed by atoms with Crippen LogP contribution < -0.4 is 0 Å². The molecule has 1 aliphatic heterocycles. The molecule has 8 heteroatoms. The van der Waals surface area contributed by atoms with Crippen molar-refractivity contribution in [3.05, 3.63) is 54.1 Å². The Balaban J connectivity index is 1.49. The summed E-state index contributed by atoms with van der Waals surface area (Å²) in [6.07, 6.45) is 3.24. The fourth-order valence-electron chi connectivity index (χ4n) is 3.13. The number of methoxy groups -OCH3 is 1. The molecular weight excluding hydrogens is 336 g/mol. The molecule has 3 heterocycles. The number of hydrogen-bond donors (Lipinski definition) is 0. The minimum absolute atomic E-state index is 0.00781. The zero-order valence-electron chi connectivity index (χ0n) is 14.3. The molecule has 134 valence electrons. The molecule has 1 fully saturated rings. The molecule has 1 aliphatic rings. The normalized spacial score (nSPS) is 17.5. The minimum atomic E-state index is -0.512. The fraction of sp³-hybridized carbons (Fsp3) is 0.333. The van der Waals surface area contributed by atoms with Crippen LogP contribution in [0.25, 0.3) is 11.4 Å². The van der Waals surface area contributed by atoms with Gasteiger partial charge >= 0.3 is 5.97 Å². The molecule has 26 heavy (non-hydrogen) atoms. The highest BCUT2D eigenvalue weighted by molar-refractivity contribution is 5.86. The molecule has 0 saturated carbocycles. The first kappa shape index (κ1) is 16.5. The fourth-order valence-corrected chi connectivity index (χ4v) is 3.13. The van der Waals surface area contributed by atoms with Crippen LogP contribution in [-0.2, 0) is 11.3 Å². The second kappa shape index (κ2) is 7.09. The number of aromatic nitrogens is 3. The summed E-state index contributed by atoms with van der Waals surface area (Å²) in [6.45, 7) is 1.33. The van der Waals surface area contributed by atoms with Crippen LogP contribution in [0.4, 0.5) is 0 Å². The first-order valence-corrected chi connectivity index (χ1v) is 8.40.